The zero-order chi connectivity index (χ0) is 19.8. The van der Waals surface area contributed by atoms with E-state index in [-0.39, 0.29) is 18.1 Å². The van der Waals surface area contributed by atoms with Crippen LogP contribution in [0.4, 0.5) is 27.6 Å². The van der Waals surface area contributed by atoms with E-state index in [0.717, 1.165) is 16.8 Å². The molecular formula is C18H16F5N4+. The van der Waals surface area contributed by atoms with Crippen molar-refractivity contribution in [1.29, 1.82) is 0 Å². The van der Waals surface area contributed by atoms with Crippen LogP contribution in [0, 0.1) is 18.6 Å². The zero-order valence-corrected chi connectivity index (χ0v) is 14.5. The van der Waals surface area contributed by atoms with Crippen molar-refractivity contribution in [2.45, 2.75) is 19.6 Å². The fourth-order valence-corrected chi connectivity index (χ4v) is 2.60. The highest BCUT2D eigenvalue weighted by Crippen LogP contribution is 2.30. The number of hydrogen-bond acceptors (Lipinski definition) is 2. The van der Waals surface area contributed by atoms with E-state index in [9.17, 15) is 22.0 Å². The minimum atomic E-state index is -4.61. The molecule has 2 heterocycles. The van der Waals surface area contributed by atoms with Crippen molar-refractivity contribution in [3.8, 4) is 5.69 Å². The SMILES string of the molecule is Cc1nc(C(F)(F)F)cn1-c1ccc(NCc2cc[n+](C)cc2F)cc1F. The molecule has 0 bridgehead atoms. The van der Waals surface area contributed by atoms with Crippen molar-refractivity contribution in [1.82, 2.24) is 9.55 Å². The van der Waals surface area contributed by atoms with E-state index in [4.69, 9.17) is 0 Å². The Labute approximate surface area is 151 Å². The molecule has 0 saturated heterocycles. The summed E-state index contributed by atoms with van der Waals surface area (Å²) in [4.78, 5) is 3.43. The van der Waals surface area contributed by atoms with Crippen LogP contribution in [0.15, 0.2) is 42.9 Å². The van der Waals surface area contributed by atoms with Crippen molar-refractivity contribution in [3.05, 3.63) is 71.6 Å². The Balaban J connectivity index is 1.81. The Morgan fingerprint density at radius 1 is 1.15 bits per heavy atom. The first-order valence-electron chi connectivity index (χ1n) is 7.96. The number of rotatable bonds is 4. The number of alkyl halides is 3. The van der Waals surface area contributed by atoms with Gasteiger partial charge in [0.1, 0.15) is 18.7 Å². The fourth-order valence-electron chi connectivity index (χ4n) is 2.60. The predicted molar refractivity (Wildman–Crippen MR) is 88.2 cm³/mol. The van der Waals surface area contributed by atoms with Gasteiger partial charge in [0.05, 0.1) is 5.69 Å². The highest BCUT2D eigenvalue weighted by molar-refractivity contribution is 5.50. The Hall–Kier alpha value is -2.97. The maximum Gasteiger partial charge on any atom is 0.434 e. The van der Waals surface area contributed by atoms with Gasteiger partial charge in [-0.25, -0.2) is 18.3 Å². The Morgan fingerprint density at radius 3 is 2.48 bits per heavy atom. The highest BCUT2D eigenvalue weighted by atomic mass is 19.4. The quantitative estimate of drug-likeness (QED) is 0.548. The molecule has 9 heteroatoms. The summed E-state index contributed by atoms with van der Waals surface area (Å²) in [6, 6.07) is 5.59. The van der Waals surface area contributed by atoms with Crippen molar-refractivity contribution in [3.63, 3.8) is 0 Å². The third-order valence-electron chi connectivity index (χ3n) is 4.00. The van der Waals surface area contributed by atoms with E-state index in [1.165, 1.54) is 25.3 Å². The normalized spacial score (nSPS) is 11.7. The van der Waals surface area contributed by atoms with Gasteiger partial charge >= 0.3 is 6.18 Å². The van der Waals surface area contributed by atoms with Gasteiger partial charge in [-0.15, -0.1) is 0 Å². The van der Waals surface area contributed by atoms with Crippen LogP contribution in [-0.2, 0) is 19.8 Å². The van der Waals surface area contributed by atoms with Gasteiger partial charge in [0.2, 0.25) is 6.20 Å². The van der Waals surface area contributed by atoms with Gasteiger partial charge in [0.25, 0.3) is 0 Å². The molecule has 0 fully saturated rings. The molecule has 0 radical (unpaired) electrons. The molecule has 0 amide bonds. The molecule has 0 saturated carbocycles. The number of pyridine rings is 1. The molecule has 0 unspecified atom stereocenters. The molecular weight excluding hydrogens is 367 g/mol. The molecule has 0 aliphatic carbocycles. The second kappa shape index (κ2) is 6.98. The van der Waals surface area contributed by atoms with Crippen molar-refractivity contribution >= 4 is 5.69 Å². The molecule has 1 aromatic carbocycles. The number of benzene rings is 1. The van der Waals surface area contributed by atoms with Crippen molar-refractivity contribution < 1.29 is 26.5 Å². The second-order valence-electron chi connectivity index (χ2n) is 6.04. The van der Waals surface area contributed by atoms with Crippen LogP contribution in [0.2, 0.25) is 0 Å². The number of halogens is 5. The number of anilines is 1. The summed E-state index contributed by atoms with van der Waals surface area (Å²) < 4.78 is 69.2. The minimum Gasteiger partial charge on any atom is -0.381 e. The summed E-state index contributed by atoms with van der Waals surface area (Å²) in [6.45, 7) is 1.49. The third kappa shape index (κ3) is 4.07. The Morgan fingerprint density at radius 2 is 1.89 bits per heavy atom. The molecule has 3 rings (SSSR count). The second-order valence-corrected chi connectivity index (χ2v) is 6.04. The summed E-state index contributed by atoms with van der Waals surface area (Å²) in [5.74, 6) is -1.12. The lowest BCUT2D eigenvalue weighted by Gasteiger charge is -2.10. The topological polar surface area (TPSA) is 33.7 Å². The first-order valence-corrected chi connectivity index (χ1v) is 7.96. The van der Waals surface area contributed by atoms with E-state index in [0.29, 0.717) is 11.3 Å². The van der Waals surface area contributed by atoms with Crippen LogP contribution in [0.25, 0.3) is 5.69 Å². The van der Waals surface area contributed by atoms with Crippen LogP contribution >= 0.6 is 0 Å². The standard InChI is InChI=1S/C18H16F5N4/c1-11-25-17(18(21,22)23)10-27(11)16-4-3-13(7-14(16)19)24-8-12-5-6-26(2)9-15(12)20/h3-7,9-10,24H,8H2,1-2H3/q+1. The van der Waals surface area contributed by atoms with Crippen LogP contribution in [0.1, 0.15) is 17.1 Å². The Kier molecular flexibility index (Phi) is 4.86. The smallest absolute Gasteiger partial charge is 0.381 e. The van der Waals surface area contributed by atoms with Gasteiger partial charge in [-0.1, -0.05) is 0 Å². The van der Waals surface area contributed by atoms with Gasteiger partial charge in [0, 0.05) is 30.1 Å². The molecule has 0 aliphatic heterocycles. The molecule has 27 heavy (non-hydrogen) atoms. The lowest BCUT2D eigenvalue weighted by Crippen LogP contribution is -2.27. The molecule has 0 aliphatic rings. The van der Waals surface area contributed by atoms with E-state index in [2.05, 4.69) is 10.3 Å². The van der Waals surface area contributed by atoms with E-state index in [1.54, 1.807) is 23.9 Å². The van der Waals surface area contributed by atoms with Gasteiger partial charge in [-0.3, -0.25) is 0 Å². The van der Waals surface area contributed by atoms with Crippen molar-refractivity contribution in [2.24, 2.45) is 7.05 Å². The maximum absolute atomic E-state index is 14.4. The first-order chi connectivity index (χ1) is 12.6. The minimum absolute atomic E-state index is 0.0150. The molecule has 0 atom stereocenters. The lowest BCUT2D eigenvalue weighted by atomic mass is 10.2. The summed E-state index contributed by atoms with van der Waals surface area (Å²) in [5, 5.41) is 2.89. The van der Waals surface area contributed by atoms with E-state index in [1.807, 2.05) is 0 Å². The fraction of sp³-hybridized carbons (Fsp3) is 0.222. The van der Waals surface area contributed by atoms with Crippen molar-refractivity contribution in [2.75, 3.05) is 5.32 Å². The van der Waals surface area contributed by atoms with Crippen LogP contribution in [0.5, 0.6) is 0 Å². The third-order valence-corrected chi connectivity index (χ3v) is 4.00. The van der Waals surface area contributed by atoms with Crippen LogP contribution < -0.4 is 9.88 Å². The zero-order valence-electron chi connectivity index (χ0n) is 14.5. The van der Waals surface area contributed by atoms with Gasteiger partial charge < -0.3 is 9.88 Å². The molecule has 3 aromatic rings. The molecule has 4 nitrogen and oxygen atoms in total. The summed E-state index contributed by atoms with van der Waals surface area (Å²) in [5.41, 5.74) is -0.371. The lowest BCUT2D eigenvalue weighted by molar-refractivity contribution is -0.673. The number of aryl methyl sites for hydroxylation is 2. The number of hydrogen-bond donors (Lipinski definition) is 1. The number of aromatic nitrogens is 3. The molecule has 2 aromatic heterocycles. The summed E-state index contributed by atoms with van der Waals surface area (Å²) >= 11 is 0. The number of imidazole rings is 1. The van der Waals surface area contributed by atoms with Crippen LogP contribution in [-0.4, -0.2) is 9.55 Å². The maximum atomic E-state index is 14.4. The van der Waals surface area contributed by atoms with Gasteiger partial charge in [-0.2, -0.15) is 13.2 Å². The Bertz CT molecular complexity index is 978. The predicted octanol–water partition coefficient (Wildman–Crippen LogP) is 3.91. The highest BCUT2D eigenvalue weighted by Gasteiger charge is 2.34. The summed E-state index contributed by atoms with van der Waals surface area (Å²) in [7, 11) is 1.69. The first kappa shape index (κ1) is 18.8. The molecule has 142 valence electrons. The molecule has 0 spiro atoms. The monoisotopic (exact) mass is 383 g/mol. The van der Waals surface area contributed by atoms with Gasteiger partial charge in [-0.05, 0) is 25.1 Å². The number of nitrogens with zero attached hydrogens (tertiary/aromatic N) is 3. The van der Waals surface area contributed by atoms with E-state index >= 15 is 0 Å². The summed E-state index contributed by atoms with van der Waals surface area (Å²) in [6.07, 6.45) is -0.852. The largest absolute Gasteiger partial charge is 0.434 e. The number of nitrogens with one attached hydrogen (secondary N) is 1. The molecule has 1 N–H and O–H groups in total. The van der Waals surface area contributed by atoms with E-state index < -0.39 is 23.5 Å². The van der Waals surface area contributed by atoms with Crippen LogP contribution in [0.3, 0.4) is 0 Å². The average molecular weight is 383 g/mol. The van der Waals surface area contributed by atoms with Gasteiger partial charge in [0.15, 0.2) is 17.7 Å². The average Bonchev–Trinajstić information content (AvgIpc) is 2.96.